The van der Waals surface area contributed by atoms with Crippen molar-refractivity contribution in [1.29, 1.82) is 0 Å². The summed E-state index contributed by atoms with van der Waals surface area (Å²) in [4.78, 5) is 12.1. The first kappa shape index (κ1) is 15.6. The van der Waals surface area contributed by atoms with E-state index in [1.165, 1.54) is 10.9 Å². The topological polar surface area (TPSA) is 137 Å². The molecular formula is C13H11ClN8O2. The third kappa shape index (κ3) is 2.94. The predicted molar refractivity (Wildman–Crippen MR) is 84.9 cm³/mol. The first-order valence-corrected chi connectivity index (χ1v) is 7.04. The molecule has 10 nitrogen and oxygen atoms in total. The summed E-state index contributed by atoms with van der Waals surface area (Å²) in [6, 6.07) is 7.09. The van der Waals surface area contributed by atoms with Gasteiger partial charge in [0.1, 0.15) is 0 Å². The highest BCUT2D eigenvalue weighted by atomic mass is 35.5. The van der Waals surface area contributed by atoms with E-state index < -0.39 is 5.91 Å². The minimum Gasteiger partial charge on any atom is -0.378 e. The van der Waals surface area contributed by atoms with Crippen LogP contribution in [0.15, 0.2) is 34.0 Å². The first-order chi connectivity index (χ1) is 11.6. The molecule has 3 N–H and O–H groups in total. The fourth-order valence-corrected chi connectivity index (χ4v) is 2.06. The van der Waals surface area contributed by atoms with Gasteiger partial charge in [-0.25, -0.2) is 10.1 Å². The van der Waals surface area contributed by atoms with Crippen LogP contribution in [0, 0.1) is 6.92 Å². The maximum Gasteiger partial charge on any atom is 0.293 e. The number of hydrogen-bond donors (Lipinski definition) is 2. The average Bonchev–Trinajstić information content (AvgIpc) is 3.14. The van der Waals surface area contributed by atoms with Crippen LogP contribution in [-0.2, 0) is 0 Å². The van der Waals surface area contributed by atoms with Crippen LogP contribution in [0.4, 0.5) is 5.82 Å². The SMILES string of the molecule is Cc1c(C(=O)N/N=C/c2ccccc2Cl)nnn1-c1nonc1N. The summed E-state index contributed by atoms with van der Waals surface area (Å²) in [6.45, 7) is 1.63. The number of hydrazone groups is 1. The molecule has 0 bridgehead atoms. The Labute approximate surface area is 140 Å². The van der Waals surface area contributed by atoms with Crippen LogP contribution >= 0.6 is 11.6 Å². The van der Waals surface area contributed by atoms with Crippen molar-refractivity contribution in [3.8, 4) is 5.82 Å². The van der Waals surface area contributed by atoms with Crippen LogP contribution in [0.3, 0.4) is 0 Å². The molecule has 2 aromatic heterocycles. The molecule has 0 radical (unpaired) electrons. The van der Waals surface area contributed by atoms with Crippen LogP contribution in [0.25, 0.3) is 5.82 Å². The van der Waals surface area contributed by atoms with Crippen molar-refractivity contribution in [2.75, 3.05) is 5.73 Å². The Hall–Kier alpha value is -3.27. The van der Waals surface area contributed by atoms with Crippen LogP contribution in [0.1, 0.15) is 21.7 Å². The van der Waals surface area contributed by atoms with E-state index in [0.717, 1.165) is 0 Å². The van der Waals surface area contributed by atoms with Crippen molar-refractivity contribution in [1.82, 2.24) is 30.7 Å². The Morgan fingerprint density at radius 3 is 2.92 bits per heavy atom. The van der Waals surface area contributed by atoms with Crippen LogP contribution in [-0.4, -0.2) is 37.4 Å². The largest absolute Gasteiger partial charge is 0.378 e. The monoisotopic (exact) mass is 346 g/mol. The zero-order chi connectivity index (χ0) is 17.1. The Morgan fingerprint density at radius 1 is 1.42 bits per heavy atom. The van der Waals surface area contributed by atoms with E-state index >= 15 is 0 Å². The summed E-state index contributed by atoms with van der Waals surface area (Å²) in [7, 11) is 0. The molecule has 0 aliphatic heterocycles. The van der Waals surface area contributed by atoms with E-state index in [1.807, 2.05) is 0 Å². The number of halogens is 1. The average molecular weight is 347 g/mol. The van der Waals surface area contributed by atoms with E-state index in [0.29, 0.717) is 16.3 Å². The van der Waals surface area contributed by atoms with E-state index in [9.17, 15) is 4.79 Å². The molecule has 24 heavy (non-hydrogen) atoms. The maximum absolute atomic E-state index is 12.1. The summed E-state index contributed by atoms with van der Waals surface area (Å²) in [5.41, 5.74) is 9.08. The van der Waals surface area contributed by atoms with Crippen molar-refractivity contribution >= 4 is 29.5 Å². The number of nitrogens with zero attached hydrogens (tertiary/aromatic N) is 6. The molecule has 0 aliphatic rings. The number of rotatable bonds is 4. The highest BCUT2D eigenvalue weighted by molar-refractivity contribution is 6.33. The van der Waals surface area contributed by atoms with Gasteiger partial charge in [-0.05, 0) is 23.3 Å². The Kier molecular flexibility index (Phi) is 4.20. The fraction of sp³-hybridized carbons (Fsp3) is 0.0769. The van der Waals surface area contributed by atoms with Gasteiger partial charge < -0.3 is 5.73 Å². The van der Waals surface area contributed by atoms with Gasteiger partial charge in [-0.2, -0.15) is 9.78 Å². The van der Waals surface area contributed by atoms with Crippen molar-refractivity contribution in [2.45, 2.75) is 6.92 Å². The molecule has 0 saturated heterocycles. The molecule has 0 aliphatic carbocycles. The number of hydrogen-bond acceptors (Lipinski definition) is 8. The zero-order valence-corrected chi connectivity index (χ0v) is 13.1. The number of nitrogens with one attached hydrogen (secondary N) is 1. The first-order valence-electron chi connectivity index (χ1n) is 6.66. The van der Waals surface area contributed by atoms with Gasteiger partial charge in [0, 0.05) is 10.6 Å². The number of amides is 1. The van der Waals surface area contributed by atoms with Crippen LogP contribution in [0.5, 0.6) is 0 Å². The highest BCUT2D eigenvalue weighted by Gasteiger charge is 2.20. The van der Waals surface area contributed by atoms with E-state index in [1.54, 1.807) is 31.2 Å². The lowest BCUT2D eigenvalue weighted by Crippen LogP contribution is -2.19. The van der Waals surface area contributed by atoms with Crippen LogP contribution in [0.2, 0.25) is 5.02 Å². The molecule has 0 fully saturated rings. The smallest absolute Gasteiger partial charge is 0.293 e. The van der Waals surface area contributed by atoms with Crippen molar-refractivity contribution in [3.05, 3.63) is 46.2 Å². The summed E-state index contributed by atoms with van der Waals surface area (Å²) in [6.07, 6.45) is 1.43. The zero-order valence-electron chi connectivity index (χ0n) is 12.3. The molecule has 122 valence electrons. The standard InChI is InChI=1S/C13H11ClN8O2/c1-7-10(17-21-22(7)12-11(15)19-24-20-12)13(23)18-16-6-8-4-2-3-5-9(8)14/h2-6H,1H3,(H2,15,19)(H,18,23)/b16-6+. The number of carbonyl (C=O) groups excluding carboxylic acids is 1. The molecular weight excluding hydrogens is 336 g/mol. The second-order valence-corrected chi connectivity index (χ2v) is 5.04. The quantitative estimate of drug-likeness (QED) is 0.530. The minimum absolute atomic E-state index is 0.0340. The van der Waals surface area contributed by atoms with Gasteiger partial charge in [0.15, 0.2) is 5.69 Å². The van der Waals surface area contributed by atoms with Crippen LogP contribution < -0.4 is 11.2 Å². The summed E-state index contributed by atoms with van der Waals surface area (Å²) >= 11 is 5.99. The number of anilines is 1. The molecule has 0 atom stereocenters. The Balaban J connectivity index is 1.76. The molecule has 3 aromatic rings. The molecule has 0 spiro atoms. The molecule has 11 heteroatoms. The van der Waals surface area contributed by atoms with Gasteiger partial charge in [0.25, 0.3) is 5.91 Å². The number of benzene rings is 1. The summed E-state index contributed by atoms with van der Waals surface area (Å²) < 4.78 is 5.75. The molecule has 2 heterocycles. The Bertz CT molecular complexity index is 916. The third-order valence-electron chi connectivity index (χ3n) is 3.08. The fourth-order valence-electron chi connectivity index (χ4n) is 1.87. The summed E-state index contributed by atoms with van der Waals surface area (Å²) in [5.74, 6) is -0.359. The molecule has 1 amide bonds. The highest BCUT2D eigenvalue weighted by Crippen LogP contribution is 2.15. The summed E-state index contributed by atoms with van der Waals surface area (Å²) in [5, 5.41) is 19.0. The van der Waals surface area contributed by atoms with E-state index in [-0.39, 0.29) is 17.3 Å². The third-order valence-corrected chi connectivity index (χ3v) is 3.42. The van der Waals surface area contributed by atoms with Crippen molar-refractivity contribution in [2.24, 2.45) is 5.10 Å². The van der Waals surface area contributed by atoms with E-state index in [2.05, 4.69) is 35.8 Å². The molecule has 0 saturated carbocycles. The maximum atomic E-state index is 12.1. The normalized spacial score (nSPS) is 11.1. The van der Waals surface area contributed by atoms with Gasteiger partial charge >= 0.3 is 0 Å². The second kappa shape index (κ2) is 6.46. The molecule has 1 aromatic carbocycles. The van der Waals surface area contributed by atoms with Gasteiger partial charge in [0.2, 0.25) is 11.6 Å². The van der Waals surface area contributed by atoms with Gasteiger partial charge in [-0.1, -0.05) is 35.0 Å². The predicted octanol–water partition coefficient (Wildman–Crippen LogP) is 0.958. The second-order valence-electron chi connectivity index (χ2n) is 4.63. The molecule has 3 rings (SSSR count). The number of nitrogens with two attached hydrogens (primary N) is 1. The minimum atomic E-state index is -0.544. The number of aromatic nitrogens is 5. The lowest BCUT2D eigenvalue weighted by atomic mass is 10.2. The Morgan fingerprint density at radius 2 is 2.21 bits per heavy atom. The lowest BCUT2D eigenvalue weighted by molar-refractivity contribution is 0.0949. The lowest BCUT2D eigenvalue weighted by Gasteiger charge is -1.99. The van der Waals surface area contributed by atoms with Crippen molar-refractivity contribution < 1.29 is 9.42 Å². The van der Waals surface area contributed by atoms with E-state index in [4.69, 9.17) is 17.3 Å². The number of carbonyl (C=O) groups is 1. The van der Waals surface area contributed by atoms with Gasteiger partial charge in [-0.15, -0.1) is 5.10 Å². The van der Waals surface area contributed by atoms with Crippen molar-refractivity contribution in [3.63, 3.8) is 0 Å². The number of nitrogen functional groups attached to an aromatic ring is 1. The van der Waals surface area contributed by atoms with Gasteiger partial charge in [-0.3, -0.25) is 4.79 Å². The van der Waals surface area contributed by atoms with Gasteiger partial charge in [0.05, 0.1) is 11.9 Å². The molecule has 0 unspecified atom stereocenters.